The van der Waals surface area contributed by atoms with Gasteiger partial charge in [-0.15, -0.1) is 0 Å². The lowest BCUT2D eigenvalue weighted by Gasteiger charge is -1.94. The first kappa shape index (κ1) is 11.0. The quantitative estimate of drug-likeness (QED) is 0.528. The molecule has 75 valence electrons. The van der Waals surface area contributed by atoms with E-state index in [9.17, 15) is 0 Å². The molecule has 0 saturated carbocycles. The molecule has 0 heterocycles. The van der Waals surface area contributed by atoms with E-state index in [-0.39, 0.29) is 0 Å². The van der Waals surface area contributed by atoms with Crippen LogP contribution in [0.1, 0.15) is 38.5 Å². The fraction of sp³-hybridized carbons (Fsp3) is 0.429. The highest BCUT2D eigenvalue weighted by molar-refractivity contribution is 5.06. The lowest BCUT2D eigenvalue weighted by atomic mass is 10.1. The zero-order chi connectivity index (χ0) is 9.90. The van der Waals surface area contributed by atoms with Crippen LogP contribution in [0.2, 0.25) is 0 Å². The molecule has 0 atom stereocenters. The Morgan fingerprint density at radius 1 is 0.714 bits per heavy atom. The Morgan fingerprint density at radius 2 is 1.43 bits per heavy atom. The Kier molecular flexibility index (Phi) is 6.74. The molecule has 0 bridgehead atoms. The van der Waals surface area contributed by atoms with E-state index in [1.54, 1.807) is 0 Å². The average Bonchev–Trinajstić information content (AvgIpc) is 2.22. The van der Waals surface area contributed by atoms with E-state index in [1.165, 1.54) is 32.1 Å². The summed E-state index contributed by atoms with van der Waals surface area (Å²) in [6.07, 6.45) is 25.5. The third kappa shape index (κ3) is 6.47. The summed E-state index contributed by atoms with van der Waals surface area (Å²) in [4.78, 5) is 0. The van der Waals surface area contributed by atoms with Crippen molar-refractivity contribution >= 4 is 0 Å². The fourth-order valence-corrected chi connectivity index (χ4v) is 1.39. The summed E-state index contributed by atoms with van der Waals surface area (Å²) in [5.41, 5.74) is 0. The van der Waals surface area contributed by atoms with E-state index >= 15 is 0 Å². The highest BCUT2D eigenvalue weighted by atomic mass is 13.9. The summed E-state index contributed by atoms with van der Waals surface area (Å²) in [6, 6.07) is 0. The van der Waals surface area contributed by atoms with Crippen LogP contribution < -0.4 is 0 Å². The summed E-state index contributed by atoms with van der Waals surface area (Å²) in [6.45, 7) is 0. The van der Waals surface area contributed by atoms with Crippen molar-refractivity contribution in [3.05, 3.63) is 48.6 Å². The van der Waals surface area contributed by atoms with Gasteiger partial charge in [-0.3, -0.25) is 0 Å². The molecule has 0 unspecified atom stereocenters. The van der Waals surface area contributed by atoms with Crippen LogP contribution in [-0.4, -0.2) is 0 Å². The van der Waals surface area contributed by atoms with Crippen LogP contribution in [0, 0.1) is 6.08 Å². The minimum atomic E-state index is 0.911. The standard InChI is InChI=1S/C14H19/c1-2-4-6-8-10-12-14-13-11-9-7-5-3-1/h1-4,10,12,14H,5-7,9,11,13H2. The van der Waals surface area contributed by atoms with Crippen molar-refractivity contribution in [2.75, 3.05) is 0 Å². The van der Waals surface area contributed by atoms with Crippen molar-refractivity contribution in [3.63, 3.8) is 0 Å². The third-order valence-electron chi connectivity index (χ3n) is 2.21. The van der Waals surface area contributed by atoms with Gasteiger partial charge < -0.3 is 0 Å². The number of rotatable bonds is 0. The lowest BCUT2D eigenvalue weighted by molar-refractivity contribution is 0.696. The first-order valence-corrected chi connectivity index (χ1v) is 5.53. The van der Waals surface area contributed by atoms with Crippen LogP contribution in [-0.2, 0) is 0 Å². The van der Waals surface area contributed by atoms with Gasteiger partial charge in [0.1, 0.15) is 0 Å². The van der Waals surface area contributed by atoms with Crippen LogP contribution in [0.15, 0.2) is 42.5 Å². The molecule has 0 amide bonds. The van der Waals surface area contributed by atoms with Gasteiger partial charge in [0.25, 0.3) is 0 Å². The monoisotopic (exact) mass is 187 g/mol. The van der Waals surface area contributed by atoms with Crippen molar-refractivity contribution in [2.45, 2.75) is 38.5 Å². The number of allylic oxidation sites excluding steroid dienone is 8. The Balaban J connectivity index is 2.35. The molecule has 0 heteroatoms. The normalized spacial score (nSPS) is 19.4. The predicted octanol–water partition coefficient (Wildman–Crippen LogP) is 4.37. The van der Waals surface area contributed by atoms with Crippen molar-refractivity contribution in [1.82, 2.24) is 0 Å². The van der Waals surface area contributed by atoms with E-state index in [1.807, 2.05) is 6.08 Å². The molecule has 0 aromatic carbocycles. The summed E-state index contributed by atoms with van der Waals surface area (Å²) in [7, 11) is 0. The van der Waals surface area contributed by atoms with Crippen molar-refractivity contribution in [3.8, 4) is 0 Å². The first-order chi connectivity index (χ1) is 7.00. The second-order valence-electron chi connectivity index (χ2n) is 3.50. The van der Waals surface area contributed by atoms with Crippen LogP contribution >= 0.6 is 0 Å². The van der Waals surface area contributed by atoms with Gasteiger partial charge in [0.2, 0.25) is 0 Å². The fourth-order valence-electron chi connectivity index (χ4n) is 1.39. The van der Waals surface area contributed by atoms with Gasteiger partial charge in [-0.25, -0.2) is 0 Å². The molecule has 0 fully saturated rings. The molecular formula is C14H19. The van der Waals surface area contributed by atoms with Gasteiger partial charge in [0.05, 0.1) is 0 Å². The van der Waals surface area contributed by atoms with E-state index in [4.69, 9.17) is 0 Å². The molecule has 1 aliphatic rings. The van der Waals surface area contributed by atoms with Gasteiger partial charge >= 0.3 is 0 Å². The highest BCUT2D eigenvalue weighted by Gasteiger charge is 1.85. The minimum Gasteiger partial charge on any atom is -0.0845 e. The van der Waals surface area contributed by atoms with E-state index in [0.717, 1.165) is 6.42 Å². The van der Waals surface area contributed by atoms with Gasteiger partial charge in [-0.2, -0.15) is 0 Å². The van der Waals surface area contributed by atoms with Gasteiger partial charge in [-0.05, 0) is 38.2 Å². The topological polar surface area (TPSA) is 0 Å². The average molecular weight is 187 g/mol. The van der Waals surface area contributed by atoms with Crippen LogP contribution in [0.5, 0.6) is 0 Å². The highest BCUT2D eigenvalue weighted by Crippen LogP contribution is 2.05. The second-order valence-corrected chi connectivity index (χ2v) is 3.50. The predicted molar refractivity (Wildman–Crippen MR) is 62.9 cm³/mol. The summed E-state index contributed by atoms with van der Waals surface area (Å²) in [5, 5.41) is 0. The summed E-state index contributed by atoms with van der Waals surface area (Å²) >= 11 is 0. The molecule has 0 aliphatic heterocycles. The SMILES string of the molecule is [C]1=CC=CCCCCCC=CC=CC1. The molecule has 1 aliphatic carbocycles. The molecule has 0 aromatic rings. The van der Waals surface area contributed by atoms with E-state index in [0.29, 0.717) is 0 Å². The van der Waals surface area contributed by atoms with Crippen LogP contribution in [0.4, 0.5) is 0 Å². The maximum Gasteiger partial charge on any atom is -0.00915 e. The number of hydrogen-bond acceptors (Lipinski definition) is 0. The zero-order valence-electron chi connectivity index (χ0n) is 8.78. The molecule has 0 nitrogen and oxygen atoms in total. The molecule has 0 spiro atoms. The van der Waals surface area contributed by atoms with Gasteiger partial charge in [-0.1, -0.05) is 49.0 Å². The maximum absolute atomic E-state index is 3.21. The Morgan fingerprint density at radius 3 is 2.29 bits per heavy atom. The molecule has 0 saturated heterocycles. The molecule has 1 rings (SSSR count). The van der Waals surface area contributed by atoms with Crippen LogP contribution in [0.25, 0.3) is 0 Å². The maximum atomic E-state index is 3.21. The van der Waals surface area contributed by atoms with E-state index < -0.39 is 0 Å². The van der Waals surface area contributed by atoms with Crippen molar-refractivity contribution in [1.29, 1.82) is 0 Å². The zero-order valence-corrected chi connectivity index (χ0v) is 8.78. The first-order valence-electron chi connectivity index (χ1n) is 5.53. The van der Waals surface area contributed by atoms with Gasteiger partial charge in [0, 0.05) is 0 Å². The van der Waals surface area contributed by atoms with E-state index in [2.05, 4.69) is 42.5 Å². The third-order valence-corrected chi connectivity index (χ3v) is 2.21. The molecule has 0 aromatic heterocycles. The van der Waals surface area contributed by atoms with Crippen molar-refractivity contribution < 1.29 is 0 Å². The smallest absolute Gasteiger partial charge is 0.00915 e. The number of hydrogen-bond donors (Lipinski definition) is 0. The van der Waals surface area contributed by atoms with Gasteiger partial charge in [0.15, 0.2) is 0 Å². The Bertz CT molecular complexity index is 204. The molecule has 1 radical (unpaired) electrons. The van der Waals surface area contributed by atoms with Crippen LogP contribution in [0.3, 0.4) is 0 Å². The molecular weight excluding hydrogens is 168 g/mol. The Hall–Kier alpha value is -1.04. The lowest BCUT2D eigenvalue weighted by Crippen LogP contribution is -1.74. The summed E-state index contributed by atoms with van der Waals surface area (Å²) in [5.74, 6) is 0. The summed E-state index contributed by atoms with van der Waals surface area (Å²) < 4.78 is 0. The van der Waals surface area contributed by atoms with Crippen molar-refractivity contribution in [2.24, 2.45) is 0 Å². The Labute approximate surface area is 87.7 Å². The minimum absolute atomic E-state index is 0.911. The largest absolute Gasteiger partial charge is 0.0845 e. The second kappa shape index (κ2) is 8.55. The molecule has 0 N–H and O–H groups in total. The molecule has 14 heavy (non-hydrogen) atoms.